The summed E-state index contributed by atoms with van der Waals surface area (Å²) in [5.74, 6) is 2.51. The fourth-order valence-corrected chi connectivity index (χ4v) is 4.31. The molecule has 1 heteroatoms. The predicted molar refractivity (Wildman–Crippen MR) is 66.2 cm³/mol. The van der Waals surface area contributed by atoms with E-state index in [0.717, 1.165) is 24.7 Å². The lowest BCUT2D eigenvalue weighted by Crippen LogP contribution is -2.43. The molecular weight excluding hydrogens is 196 g/mol. The van der Waals surface area contributed by atoms with Gasteiger partial charge in [-0.1, -0.05) is 25.7 Å². The summed E-state index contributed by atoms with van der Waals surface area (Å²) in [4.78, 5) is 0. The Labute approximate surface area is 99.6 Å². The van der Waals surface area contributed by atoms with Crippen LogP contribution in [0.1, 0.15) is 70.6 Å². The van der Waals surface area contributed by atoms with Crippen LogP contribution in [0.25, 0.3) is 0 Å². The molecule has 0 amide bonds. The average Bonchev–Trinajstić information content (AvgIpc) is 3.14. The van der Waals surface area contributed by atoms with Crippen molar-refractivity contribution in [3.05, 3.63) is 0 Å². The van der Waals surface area contributed by atoms with Gasteiger partial charge >= 0.3 is 0 Å². The first kappa shape index (κ1) is 11.1. The molecule has 0 aliphatic heterocycles. The van der Waals surface area contributed by atoms with Crippen molar-refractivity contribution in [1.82, 2.24) is 0 Å². The molecule has 2 unspecified atom stereocenters. The normalized spacial score (nSPS) is 42.2. The van der Waals surface area contributed by atoms with Gasteiger partial charge in [0.15, 0.2) is 0 Å². The summed E-state index contributed by atoms with van der Waals surface area (Å²) in [6, 6.07) is 0. The number of hydrogen-bond donors (Lipinski definition) is 1. The van der Waals surface area contributed by atoms with Gasteiger partial charge in [-0.05, 0) is 62.7 Å². The van der Waals surface area contributed by atoms with Crippen molar-refractivity contribution in [2.45, 2.75) is 76.2 Å². The van der Waals surface area contributed by atoms with E-state index in [1.165, 1.54) is 57.8 Å². The highest BCUT2D eigenvalue weighted by atomic mass is 16.3. The minimum absolute atomic E-state index is 0.258. The summed E-state index contributed by atoms with van der Waals surface area (Å²) in [5, 5.41) is 10.9. The molecule has 3 fully saturated rings. The van der Waals surface area contributed by atoms with Crippen molar-refractivity contribution in [3.8, 4) is 0 Å². The zero-order chi connectivity index (χ0) is 11.0. The van der Waals surface area contributed by atoms with Crippen LogP contribution in [0.15, 0.2) is 0 Å². The Morgan fingerprint density at radius 3 is 2.19 bits per heavy atom. The lowest BCUT2D eigenvalue weighted by atomic mass is 9.66. The van der Waals surface area contributed by atoms with E-state index in [9.17, 15) is 5.11 Å². The highest BCUT2D eigenvalue weighted by Gasteiger charge is 2.44. The second kappa shape index (κ2) is 4.33. The number of rotatable bonds is 2. The molecule has 1 N–H and O–H groups in total. The maximum atomic E-state index is 10.9. The third kappa shape index (κ3) is 2.16. The molecule has 2 atom stereocenters. The van der Waals surface area contributed by atoms with Gasteiger partial charge in [-0.2, -0.15) is 0 Å². The van der Waals surface area contributed by atoms with Gasteiger partial charge in [0, 0.05) is 0 Å². The standard InChI is InChI=1S/C15H26O/c16-15(14-6-2-1-3-7-14)10-4-5-13(11-15)12-8-9-12/h12-14,16H,1-11H2. The fourth-order valence-electron chi connectivity index (χ4n) is 4.31. The monoisotopic (exact) mass is 222 g/mol. The van der Waals surface area contributed by atoms with Gasteiger partial charge in [0.2, 0.25) is 0 Å². The van der Waals surface area contributed by atoms with Crippen molar-refractivity contribution in [1.29, 1.82) is 0 Å². The van der Waals surface area contributed by atoms with Crippen LogP contribution in [-0.2, 0) is 0 Å². The van der Waals surface area contributed by atoms with Crippen molar-refractivity contribution >= 4 is 0 Å². The summed E-state index contributed by atoms with van der Waals surface area (Å²) in [6.45, 7) is 0. The smallest absolute Gasteiger partial charge is 0.0678 e. The largest absolute Gasteiger partial charge is 0.390 e. The molecule has 0 heterocycles. The van der Waals surface area contributed by atoms with E-state index in [-0.39, 0.29) is 5.60 Å². The Morgan fingerprint density at radius 1 is 0.750 bits per heavy atom. The number of aliphatic hydroxyl groups is 1. The molecule has 3 aliphatic rings. The Bertz CT molecular complexity index is 240. The molecule has 0 aromatic heterocycles. The van der Waals surface area contributed by atoms with E-state index in [1.807, 2.05) is 0 Å². The van der Waals surface area contributed by atoms with E-state index < -0.39 is 0 Å². The Morgan fingerprint density at radius 2 is 1.50 bits per heavy atom. The Kier molecular flexibility index (Phi) is 2.99. The molecule has 92 valence electrons. The predicted octanol–water partition coefficient (Wildman–Crippen LogP) is 3.90. The molecule has 0 aromatic carbocycles. The Balaban J connectivity index is 1.65. The lowest BCUT2D eigenvalue weighted by molar-refractivity contribution is -0.0787. The van der Waals surface area contributed by atoms with Crippen molar-refractivity contribution in [2.24, 2.45) is 17.8 Å². The van der Waals surface area contributed by atoms with Gasteiger partial charge in [0.05, 0.1) is 5.60 Å². The summed E-state index contributed by atoms with van der Waals surface area (Å²) >= 11 is 0. The van der Waals surface area contributed by atoms with Crippen molar-refractivity contribution < 1.29 is 5.11 Å². The first-order valence-corrected chi connectivity index (χ1v) is 7.50. The average molecular weight is 222 g/mol. The highest BCUT2D eigenvalue weighted by Crippen LogP contribution is 2.50. The van der Waals surface area contributed by atoms with Gasteiger partial charge in [0.25, 0.3) is 0 Å². The number of hydrogen-bond acceptors (Lipinski definition) is 1. The molecule has 0 saturated heterocycles. The van der Waals surface area contributed by atoms with Crippen LogP contribution in [0, 0.1) is 17.8 Å². The van der Waals surface area contributed by atoms with Gasteiger partial charge in [0.1, 0.15) is 0 Å². The summed E-state index contributed by atoms with van der Waals surface area (Å²) in [5.41, 5.74) is -0.258. The maximum Gasteiger partial charge on any atom is 0.0678 e. The molecular formula is C15H26O. The van der Waals surface area contributed by atoms with E-state index in [1.54, 1.807) is 0 Å². The fraction of sp³-hybridized carbons (Fsp3) is 1.00. The molecule has 0 bridgehead atoms. The quantitative estimate of drug-likeness (QED) is 0.751. The summed E-state index contributed by atoms with van der Waals surface area (Å²) in [6.07, 6.45) is 14.6. The molecule has 0 radical (unpaired) electrons. The van der Waals surface area contributed by atoms with Crippen LogP contribution >= 0.6 is 0 Å². The van der Waals surface area contributed by atoms with Crippen molar-refractivity contribution in [3.63, 3.8) is 0 Å². The minimum atomic E-state index is -0.258. The van der Waals surface area contributed by atoms with Crippen LogP contribution in [0.3, 0.4) is 0 Å². The first-order valence-electron chi connectivity index (χ1n) is 7.50. The molecule has 3 rings (SSSR count). The molecule has 3 saturated carbocycles. The SMILES string of the molecule is OC1(C2CCCCC2)CCCC(C2CC2)C1. The van der Waals surface area contributed by atoms with Crippen LogP contribution in [0.5, 0.6) is 0 Å². The second-order valence-electron chi connectivity index (χ2n) is 6.63. The topological polar surface area (TPSA) is 20.2 Å². The Hall–Kier alpha value is -0.0400. The van der Waals surface area contributed by atoms with Crippen LogP contribution in [0.4, 0.5) is 0 Å². The van der Waals surface area contributed by atoms with Crippen LogP contribution < -0.4 is 0 Å². The summed E-state index contributed by atoms with van der Waals surface area (Å²) in [7, 11) is 0. The highest BCUT2D eigenvalue weighted by molar-refractivity contribution is 4.96. The minimum Gasteiger partial charge on any atom is -0.390 e. The van der Waals surface area contributed by atoms with E-state index in [4.69, 9.17) is 0 Å². The molecule has 3 aliphatic carbocycles. The maximum absolute atomic E-state index is 10.9. The van der Waals surface area contributed by atoms with Crippen molar-refractivity contribution in [2.75, 3.05) is 0 Å². The zero-order valence-electron chi connectivity index (χ0n) is 10.5. The molecule has 0 aromatic rings. The third-order valence-electron chi connectivity index (χ3n) is 5.45. The van der Waals surface area contributed by atoms with Gasteiger partial charge in [-0.25, -0.2) is 0 Å². The third-order valence-corrected chi connectivity index (χ3v) is 5.45. The lowest BCUT2D eigenvalue weighted by Gasteiger charge is -2.44. The molecule has 1 nitrogen and oxygen atoms in total. The van der Waals surface area contributed by atoms with Gasteiger partial charge in [-0.3, -0.25) is 0 Å². The van der Waals surface area contributed by atoms with Gasteiger partial charge in [-0.15, -0.1) is 0 Å². The molecule has 0 spiro atoms. The van der Waals surface area contributed by atoms with Gasteiger partial charge < -0.3 is 5.11 Å². The molecule has 16 heavy (non-hydrogen) atoms. The van der Waals surface area contributed by atoms with E-state index >= 15 is 0 Å². The van der Waals surface area contributed by atoms with E-state index in [2.05, 4.69) is 0 Å². The second-order valence-corrected chi connectivity index (χ2v) is 6.63. The van der Waals surface area contributed by atoms with Crippen LogP contribution in [0.2, 0.25) is 0 Å². The zero-order valence-corrected chi connectivity index (χ0v) is 10.5. The first-order chi connectivity index (χ1) is 7.78. The van der Waals surface area contributed by atoms with E-state index in [0.29, 0.717) is 5.92 Å². The summed E-state index contributed by atoms with van der Waals surface area (Å²) < 4.78 is 0. The van der Waals surface area contributed by atoms with Crippen LogP contribution in [-0.4, -0.2) is 10.7 Å².